The van der Waals surface area contributed by atoms with Crippen LogP contribution in [0.25, 0.3) is 0 Å². The Balaban J connectivity index is 1.57. The number of methoxy groups -OCH3 is 1. The standard InChI is InChI=1S/C19H31NO/c1-3-4-5-6-7-10-13-20-17-14-16(15-17)18-11-8-9-12-19(18)21-2/h8-9,11-12,16-17,20H,3-7,10,13-15H2,1-2H3. The number of unbranched alkanes of at least 4 members (excludes halogenated alkanes) is 5. The third-order valence-corrected chi connectivity index (χ3v) is 4.68. The summed E-state index contributed by atoms with van der Waals surface area (Å²) in [5.74, 6) is 1.74. The fourth-order valence-corrected chi connectivity index (χ4v) is 3.25. The summed E-state index contributed by atoms with van der Waals surface area (Å²) in [5.41, 5.74) is 1.39. The van der Waals surface area contributed by atoms with Crippen molar-refractivity contribution < 1.29 is 4.74 Å². The molecule has 0 saturated heterocycles. The highest BCUT2D eigenvalue weighted by atomic mass is 16.5. The van der Waals surface area contributed by atoms with Gasteiger partial charge in [-0.1, -0.05) is 57.2 Å². The average Bonchev–Trinajstić information content (AvgIpc) is 2.48. The molecule has 0 heterocycles. The first-order chi connectivity index (χ1) is 10.3. The lowest BCUT2D eigenvalue weighted by Gasteiger charge is -2.37. The lowest BCUT2D eigenvalue weighted by molar-refractivity contribution is 0.282. The molecule has 21 heavy (non-hydrogen) atoms. The van der Waals surface area contributed by atoms with Gasteiger partial charge in [0.05, 0.1) is 7.11 Å². The SMILES string of the molecule is CCCCCCCCNC1CC(c2ccccc2OC)C1. The van der Waals surface area contributed by atoms with Gasteiger partial charge < -0.3 is 10.1 Å². The maximum atomic E-state index is 5.46. The van der Waals surface area contributed by atoms with Gasteiger partial charge in [0.1, 0.15) is 5.75 Å². The van der Waals surface area contributed by atoms with Crippen molar-refractivity contribution in [3.8, 4) is 5.75 Å². The van der Waals surface area contributed by atoms with E-state index in [1.54, 1.807) is 7.11 Å². The van der Waals surface area contributed by atoms with Gasteiger partial charge in [0.15, 0.2) is 0 Å². The number of nitrogens with one attached hydrogen (secondary N) is 1. The summed E-state index contributed by atoms with van der Waals surface area (Å²) in [6.45, 7) is 3.46. The maximum absolute atomic E-state index is 5.46. The normalized spacial score (nSPS) is 21.0. The third-order valence-electron chi connectivity index (χ3n) is 4.68. The molecule has 1 saturated carbocycles. The molecule has 1 N–H and O–H groups in total. The van der Waals surface area contributed by atoms with E-state index in [4.69, 9.17) is 4.74 Å². The Morgan fingerprint density at radius 3 is 2.52 bits per heavy atom. The van der Waals surface area contributed by atoms with Crippen LogP contribution in [-0.4, -0.2) is 19.7 Å². The third kappa shape index (κ3) is 5.03. The fourth-order valence-electron chi connectivity index (χ4n) is 3.25. The molecule has 0 amide bonds. The molecular formula is C19H31NO. The summed E-state index contributed by atoms with van der Waals surface area (Å²) in [6.07, 6.45) is 10.8. The Bertz CT molecular complexity index is 398. The van der Waals surface area contributed by atoms with Crippen molar-refractivity contribution in [1.82, 2.24) is 5.32 Å². The first kappa shape index (κ1) is 16.4. The van der Waals surface area contributed by atoms with Gasteiger partial charge in [0.2, 0.25) is 0 Å². The minimum atomic E-state index is 0.684. The topological polar surface area (TPSA) is 21.3 Å². The molecule has 1 aliphatic carbocycles. The van der Waals surface area contributed by atoms with Crippen LogP contribution in [0.1, 0.15) is 69.8 Å². The summed E-state index contributed by atoms with van der Waals surface area (Å²) in [5, 5.41) is 3.71. The van der Waals surface area contributed by atoms with E-state index in [1.807, 2.05) is 0 Å². The molecular weight excluding hydrogens is 258 g/mol. The Kier molecular flexibility index (Phi) is 7.08. The number of benzene rings is 1. The molecule has 0 unspecified atom stereocenters. The molecule has 1 aromatic rings. The Morgan fingerprint density at radius 1 is 1.05 bits per heavy atom. The summed E-state index contributed by atoms with van der Waals surface area (Å²) >= 11 is 0. The highest BCUT2D eigenvalue weighted by molar-refractivity contribution is 5.37. The van der Waals surface area contributed by atoms with E-state index >= 15 is 0 Å². The second kappa shape index (κ2) is 9.09. The zero-order valence-corrected chi connectivity index (χ0v) is 13.7. The quantitative estimate of drug-likeness (QED) is 0.619. The van der Waals surface area contributed by atoms with Crippen LogP contribution in [0.3, 0.4) is 0 Å². The number of para-hydroxylation sites is 1. The van der Waals surface area contributed by atoms with Crippen LogP contribution < -0.4 is 10.1 Å². The number of hydrogen-bond donors (Lipinski definition) is 1. The van der Waals surface area contributed by atoms with Gasteiger partial charge in [-0.25, -0.2) is 0 Å². The molecule has 1 fully saturated rings. The van der Waals surface area contributed by atoms with Gasteiger partial charge in [0.25, 0.3) is 0 Å². The van der Waals surface area contributed by atoms with Crippen LogP contribution in [0, 0.1) is 0 Å². The van der Waals surface area contributed by atoms with Crippen molar-refractivity contribution in [3.05, 3.63) is 29.8 Å². The lowest BCUT2D eigenvalue weighted by atomic mass is 9.75. The molecule has 0 aliphatic heterocycles. The summed E-state index contributed by atoms with van der Waals surface area (Å²) in [7, 11) is 1.77. The Hall–Kier alpha value is -1.02. The molecule has 2 rings (SSSR count). The zero-order chi connectivity index (χ0) is 14.9. The fraction of sp³-hybridized carbons (Fsp3) is 0.684. The molecule has 1 aromatic carbocycles. The van der Waals surface area contributed by atoms with Crippen LogP contribution in [0.2, 0.25) is 0 Å². The van der Waals surface area contributed by atoms with Crippen molar-refractivity contribution in [1.29, 1.82) is 0 Å². The minimum Gasteiger partial charge on any atom is -0.496 e. The van der Waals surface area contributed by atoms with Crippen LogP contribution in [-0.2, 0) is 0 Å². The first-order valence-corrected chi connectivity index (χ1v) is 8.71. The van der Waals surface area contributed by atoms with Crippen molar-refractivity contribution in [2.24, 2.45) is 0 Å². The van der Waals surface area contributed by atoms with Gasteiger partial charge >= 0.3 is 0 Å². The minimum absolute atomic E-state index is 0.684. The first-order valence-electron chi connectivity index (χ1n) is 8.71. The Morgan fingerprint density at radius 2 is 1.76 bits per heavy atom. The molecule has 0 spiro atoms. The number of hydrogen-bond acceptors (Lipinski definition) is 2. The van der Waals surface area contributed by atoms with Crippen LogP contribution in [0.4, 0.5) is 0 Å². The van der Waals surface area contributed by atoms with E-state index in [9.17, 15) is 0 Å². The van der Waals surface area contributed by atoms with Gasteiger partial charge in [-0.2, -0.15) is 0 Å². The van der Waals surface area contributed by atoms with Crippen molar-refractivity contribution in [2.75, 3.05) is 13.7 Å². The Labute approximate surface area is 130 Å². The maximum Gasteiger partial charge on any atom is 0.122 e. The second-order valence-corrected chi connectivity index (χ2v) is 6.33. The van der Waals surface area contributed by atoms with Crippen LogP contribution in [0.15, 0.2) is 24.3 Å². The predicted molar refractivity (Wildman–Crippen MR) is 90.1 cm³/mol. The molecule has 1 aliphatic rings. The highest BCUT2D eigenvalue weighted by Gasteiger charge is 2.31. The van der Waals surface area contributed by atoms with Crippen molar-refractivity contribution in [3.63, 3.8) is 0 Å². The van der Waals surface area contributed by atoms with Gasteiger partial charge in [0, 0.05) is 6.04 Å². The van der Waals surface area contributed by atoms with E-state index in [0.717, 1.165) is 11.8 Å². The zero-order valence-electron chi connectivity index (χ0n) is 13.7. The van der Waals surface area contributed by atoms with Crippen LogP contribution >= 0.6 is 0 Å². The van der Waals surface area contributed by atoms with E-state index in [2.05, 4.69) is 36.5 Å². The predicted octanol–water partition coefficient (Wildman–Crippen LogP) is 4.89. The molecule has 2 heteroatoms. The van der Waals surface area contributed by atoms with Gasteiger partial charge in [-0.05, 0) is 43.4 Å². The van der Waals surface area contributed by atoms with E-state index in [-0.39, 0.29) is 0 Å². The largest absolute Gasteiger partial charge is 0.496 e. The highest BCUT2D eigenvalue weighted by Crippen LogP contribution is 2.40. The molecule has 0 radical (unpaired) electrons. The average molecular weight is 289 g/mol. The van der Waals surface area contributed by atoms with E-state index in [0.29, 0.717) is 5.92 Å². The van der Waals surface area contributed by atoms with Crippen molar-refractivity contribution >= 4 is 0 Å². The number of ether oxygens (including phenoxy) is 1. The van der Waals surface area contributed by atoms with E-state index in [1.165, 1.54) is 63.5 Å². The van der Waals surface area contributed by atoms with Crippen LogP contribution in [0.5, 0.6) is 5.75 Å². The lowest BCUT2D eigenvalue weighted by Crippen LogP contribution is -2.40. The molecule has 0 bridgehead atoms. The summed E-state index contributed by atoms with van der Waals surface area (Å²) in [4.78, 5) is 0. The number of rotatable bonds is 10. The van der Waals surface area contributed by atoms with Gasteiger partial charge in [-0.3, -0.25) is 0 Å². The monoisotopic (exact) mass is 289 g/mol. The smallest absolute Gasteiger partial charge is 0.122 e. The molecule has 0 atom stereocenters. The molecule has 118 valence electrons. The summed E-state index contributed by atoms with van der Waals surface area (Å²) < 4.78 is 5.46. The second-order valence-electron chi connectivity index (χ2n) is 6.33. The van der Waals surface area contributed by atoms with Crippen molar-refractivity contribution in [2.45, 2.75) is 70.3 Å². The summed E-state index contributed by atoms with van der Waals surface area (Å²) in [6, 6.07) is 9.18. The van der Waals surface area contributed by atoms with E-state index < -0.39 is 0 Å². The van der Waals surface area contributed by atoms with Gasteiger partial charge in [-0.15, -0.1) is 0 Å². The molecule has 0 aromatic heterocycles. The molecule has 2 nitrogen and oxygen atoms in total.